The summed E-state index contributed by atoms with van der Waals surface area (Å²) in [4.78, 5) is 20.3. The van der Waals surface area contributed by atoms with E-state index in [2.05, 4.69) is 15.3 Å². The fraction of sp³-hybridized carbons (Fsp3) is 0.0400. The van der Waals surface area contributed by atoms with Crippen molar-refractivity contribution in [2.75, 3.05) is 12.4 Å². The van der Waals surface area contributed by atoms with Crippen LogP contribution in [0.25, 0.3) is 33.1 Å². The van der Waals surface area contributed by atoms with Crippen LogP contribution in [0.4, 0.5) is 10.5 Å². The average Bonchev–Trinajstić information content (AvgIpc) is 3.23. The van der Waals surface area contributed by atoms with Crippen molar-refractivity contribution in [1.29, 1.82) is 0 Å². The number of amides is 2. The minimum absolute atomic E-state index is 0.233. The van der Waals surface area contributed by atoms with E-state index < -0.39 is 6.03 Å². The van der Waals surface area contributed by atoms with E-state index in [0.717, 1.165) is 22.0 Å². The third kappa shape index (κ3) is 3.79. The summed E-state index contributed by atoms with van der Waals surface area (Å²) in [5, 5.41) is 4.75. The van der Waals surface area contributed by atoms with Gasteiger partial charge in [-0.3, -0.25) is 0 Å². The molecule has 152 valence electrons. The molecule has 6 heteroatoms. The van der Waals surface area contributed by atoms with E-state index in [9.17, 15) is 4.79 Å². The smallest absolute Gasteiger partial charge is 0.348 e. The Hall–Kier alpha value is -4.32. The predicted octanol–water partition coefficient (Wildman–Crippen LogP) is 5.72. The molecule has 2 aromatic heterocycles. The number of para-hydroxylation sites is 2. The molecule has 0 fully saturated rings. The molecule has 0 saturated carbocycles. The first-order valence-electron chi connectivity index (χ1n) is 9.80. The highest BCUT2D eigenvalue weighted by atomic mass is 16.5. The van der Waals surface area contributed by atoms with Gasteiger partial charge in [0.2, 0.25) is 5.55 Å². The highest BCUT2D eigenvalue weighted by Crippen LogP contribution is 2.24. The number of benzene rings is 3. The molecule has 5 rings (SSSR count). The van der Waals surface area contributed by atoms with Gasteiger partial charge in [-0.25, -0.2) is 4.79 Å². The molecule has 2 heterocycles. The first kappa shape index (κ1) is 18.7. The van der Waals surface area contributed by atoms with Crippen LogP contribution < -0.4 is 15.6 Å². The number of ether oxygens (including phenoxy) is 1. The molecule has 6 nitrogen and oxygen atoms in total. The minimum atomic E-state index is -0.526. The summed E-state index contributed by atoms with van der Waals surface area (Å²) in [6.07, 6.45) is 0. The van der Waals surface area contributed by atoms with Gasteiger partial charge in [-0.05, 0) is 48.5 Å². The van der Waals surface area contributed by atoms with Gasteiger partial charge < -0.3 is 19.5 Å². The number of aromatic amines is 1. The second-order valence-electron chi connectivity index (χ2n) is 7.04. The van der Waals surface area contributed by atoms with Crippen molar-refractivity contribution >= 4 is 33.6 Å². The van der Waals surface area contributed by atoms with E-state index in [4.69, 9.17) is 9.15 Å². The summed E-state index contributed by atoms with van der Waals surface area (Å²) in [6, 6.07) is 26.2. The molecular weight excluding hydrogens is 390 g/mol. The number of anilines is 1. The van der Waals surface area contributed by atoms with Crippen LogP contribution in [0.3, 0.4) is 0 Å². The topological polar surface area (TPSA) is 79.6 Å². The van der Waals surface area contributed by atoms with Crippen LogP contribution in [-0.4, -0.2) is 18.1 Å². The van der Waals surface area contributed by atoms with Crippen LogP contribution in [0.15, 0.2) is 94.3 Å². The molecule has 0 aliphatic heterocycles. The molecule has 2 N–H and O–H groups in total. The molecule has 0 aliphatic rings. The van der Waals surface area contributed by atoms with Crippen LogP contribution in [0.5, 0.6) is 5.75 Å². The minimum Gasteiger partial charge on any atom is -0.497 e. The van der Waals surface area contributed by atoms with E-state index in [1.54, 1.807) is 31.4 Å². The lowest BCUT2D eigenvalue weighted by atomic mass is 10.1. The summed E-state index contributed by atoms with van der Waals surface area (Å²) in [5.74, 6) is 0.709. The van der Waals surface area contributed by atoms with Crippen molar-refractivity contribution in [3.05, 3.63) is 90.5 Å². The lowest BCUT2D eigenvalue weighted by molar-refractivity contribution is 0.258. The SMILES string of the molecule is COc1ccc(NC(=O)N=c2oc3ccccc3cc2-c2cc3ccccc3[nH]2)cc1. The highest BCUT2D eigenvalue weighted by molar-refractivity contribution is 5.91. The molecule has 0 bridgehead atoms. The first-order chi connectivity index (χ1) is 15.2. The lowest BCUT2D eigenvalue weighted by Crippen LogP contribution is -2.14. The standard InChI is InChI=1S/C25H19N3O3/c1-30-19-12-10-18(11-13-19)26-25(29)28-24-20(14-17-7-3-5-9-23(17)31-24)22-15-16-6-2-4-8-21(16)27-22/h2-15,27H,1H3,(H,26,29). The van der Waals surface area contributed by atoms with Gasteiger partial charge in [0, 0.05) is 22.0 Å². The van der Waals surface area contributed by atoms with Crippen LogP contribution >= 0.6 is 0 Å². The normalized spacial score (nSPS) is 11.7. The van der Waals surface area contributed by atoms with Crippen LogP contribution in [-0.2, 0) is 0 Å². The molecule has 0 radical (unpaired) electrons. The number of methoxy groups -OCH3 is 1. The molecule has 2 amide bonds. The van der Waals surface area contributed by atoms with Crippen molar-refractivity contribution in [3.63, 3.8) is 0 Å². The summed E-state index contributed by atoms with van der Waals surface area (Å²) in [6.45, 7) is 0. The number of hydrogen-bond acceptors (Lipinski definition) is 3. The monoisotopic (exact) mass is 409 g/mol. The van der Waals surface area contributed by atoms with Gasteiger partial charge in [-0.2, -0.15) is 4.99 Å². The largest absolute Gasteiger partial charge is 0.497 e. The van der Waals surface area contributed by atoms with Gasteiger partial charge in [0.1, 0.15) is 11.3 Å². The molecule has 5 aromatic rings. The van der Waals surface area contributed by atoms with E-state index in [1.807, 2.05) is 60.7 Å². The third-order valence-corrected chi connectivity index (χ3v) is 5.02. The zero-order valence-corrected chi connectivity index (χ0v) is 16.8. The number of urea groups is 1. The Morgan fingerprint density at radius 3 is 2.45 bits per heavy atom. The van der Waals surface area contributed by atoms with Crippen molar-refractivity contribution in [1.82, 2.24) is 4.98 Å². The Morgan fingerprint density at radius 2 is 1.68 bits per heavy atom. The highest BCUT2D eigenvalue weighted by Gasteiger charge is 2.11. The van der Waals surface area contributed by atoms with Gasteiger partial charge >= 0.3 is 6.03 Å². The number of aromatic nitrogens is 1. The van der Waals surface area contributed by atoms with Crippen LogP contribution in [0.2, 0.25) is 0 Å². The quantitative estimate of drug-likeness (QED) is 0.400. The van der Waals surface area contributed by atoms with E-state index in [1.165, 1.54) is 0 Å². The van der Waals surface area contributed by atoms with Gasteiger partial charge in [0.25, 0.3) is 0 Å². The lowest BCUT2D eigenvalue weighted by Gasteiger charge is -2.05. The fourth-order valence-electron chi connectivity index (χ4n) is 3.48. The molecule has 0 atom stereocenters. The maximum Gasteiger partial charge on any atom is 0.348 e. The summed E-state index contributed by atoms with van der Waals surface area (Å²) >= 11 is 0. The summed E-state index contributed by atoms with van der Waals surface area (Å²) in [5.41, 5.74) is 4.03. The molecule has 31 heavy (non-hydrogen) atoms. The van der Waals surface area contributed by atoms with E-state index >= 15 is 0 Å². The van der Waals surface area contributed by atoms with Crippen molar-refractivity contribution in [3.8, 4) is 17.0 Å². The first-order valence-corrected chi connectivity index (χ1v) is 9.80. The molecule has 0 spiro atoms. The zero-order chi connectivity index (χ0) is 21.2. The summed E-state index contributed by atoms with van der Waals surface area (Å²) in [7, 11) is 1.59. The molecule has 0 aliphatic carbocycles. The Bertz CT molecular complexity index is 1430. The number of hydrogen-bond donors (Lipinski definition) is 2. The average molecular weight is 409 g/mol. The second-order valence-corrected chi connectivity index (χ2v) is 7.04. The molecular formula is C25H19N3O3. The van der Waals surface area contributed by atoms with Crippen molar-refractivity contribution in [2.24, 2.45) is 4.99 Å². The zero-order valence-electron chi connectivity index (χ0n) is 16.8. The Morgan fingerprint density at radius 1 is 0.935 bits per heavy atom. The number of carbonyl (C=O) groups is 1. The second kappa shape index (κ2) is 7.84. The van der Waals surface area contributed by atoms with Gasteiger partial charge in [0.05, 0.1) is 18.4 Å². The van der Waals surface area contributed by atoms with Gasteiger partial charge in [-0.15, -0.1) is 0 Å². The number of nitrogens with zero attached hydrogens (tertiary/aromatic N) is 1. The van der Waals surface area contributed by atoms with Gasteiger partial charge in [-0.1, -0.05) is 36.4 Å². The van der Waals surface area contributed by atoms with E-state index in [-0.39, 0.29) is 5.55 Å². The van der Waals surface area contributed by atoms with Crippen LogP contribution in [0.1, 0.15) is 0 Å². The number of nitrogens with one attached hydrogen (secondary N) is 2. The number of fused-ring (bicyclic) bond motifs is 2. The van der Waals surface area contributed by atoms with E-state index in [0.29, 0.717) is 22.6 Å². The number of H-pyrrole nitrogens is 1. The Labute approximate surface area is 177 Å². The third-order valence-electron chi connectivity index (χ3n) is 5.02. The predicted molar refractivity (Wildman–Crippen MR) is 121 cm³/mol. The maximum atomic E-state index is 12.6. The molecule has 0 unspecified atom stereocenters. The maximum absolute atomic E-state index is 12.6. The van der Waals surface area contributed by atoms with Crippen LogP contribution in [0, 0.1) is 0 Å². The van der Waals surface area contributed by atoms with Gasteiger partial charge in [0.15, 0.2) is 0 Å². The molecule has 3 aromatic carbocycles. The Kier molecular flexibility index (Phi) is 4.72. The molecule has 0 saturated heterocycles. The van der Waals surface area contributed by atoms with Crippen molar-refractivity contribution < 1.29 is 13.9 Å². The Balaban J connectivity index is 1.60. The summed E-state index contributed by atoms with van der Waals surface area (Å²) < 4.78 is 11.2. The number of carbonyl (C=O) groups excluding carboxylic acids is 1. The fourth-order valence-corrected chi connectivity index (χ4v) is 3.48. The van der Waals surface area contributed by atoms with Crippen molar-refractivity contribution in [2.45, 2.75) is 0 Å². The number of rotatable bonds is 3.